The van der Waals surface area contributed by atoms with Crippen LogP contribution in [0, 0.1) is 0 Å². The van der Waals surface area contributed by atoms with Crippen molar-refractivity contribution >= 4 is 15.9 Å². The maximum absolute atomic E-state index is 12.6. The van der Waals surface area contributed by atoms with Gasteiger partial charge in [0.1, 0.15) is 0 Å². The lowest BCUT2D eigenvalue weighted by Crippen LogP contribution is -2.46. The van der Waals surface area contributed by atoms with E-state index in [-0.39, 0.29) is 16.8 Å². The van der Waals surface area contributed by atoms with Crippen LogP contribution in [-0.2, 0) is 10.0 Å². The Bertz CT molecular complexity index is 685. The molecule has 0 atom stereocenters. The number of nitrogens with zero attached hydrogens (tertiary/aromatic N) is 2. The van der Waals surface area contributed by atoms with Crippen molar-refractivity contribution in [2.75, 3.05) is 46.3 Å². The van der Waals surface area contributed by atoms with Gasteiger partial charge in [0.15, 0.2) is 0 Å². The van der Waals surface area contributed by atoms with Gasteiger partial charge in [-0.05, 0) is 32.0 Å². The molecular formula is C17H28N4O3S. The summed E-state index contributed by atoms with van der Waals surface area (Å²) in [5, 5.41) is 6.15. The maximum Gasteiger partial charge on any atom is 0.251 e. The monoisotopic (exact) mass is 368 g/mol. The number of benzene rings is 1. The van der Waals surface area contributed by atoms with Crippen molar-refractivity contribution in [3.05, 3.63) is 29.8 Å². The van der Waals surface area contributed by atoms with Gasteiger partial charge < -0.3 is 10.6 Å². The number of carbonyl (C=O) groups excluding carboxylic acids is 1. The van der Waals surface area contributed by atoms with Crippen molar-refractivity contribution in [2.24, 2.45) is 0 Å². The fraction of sp³-hybridized carbons (Fsp3) is 0.588. The first-order valence-electron chi connectivity index (χ1n) is 8.61. The summed E-state index contributed by atoms with van der Waals surface area (Å²) in [7, 11) is -2.05. The second kappa shape index (κ2) is 8.75. The number of piperazine rings is 1. The third-order valence-corrected chi connectivity index (χ3v) is 6.45. The summed E-state index contributed by atoms with van der Waals surface area (Å²) < 4.78 is 26.4. The van der Waals surface area contributed by atoms with Gasteiger partial charge in [-0.25, -0.2) is 8.42 Å². The van der Waals surface area contributed by atoms with Gasteiger partial charge in [0.25, 0.3) is 5.91 Å². The second-order valence-corrected chi connectivity index (χ2v) is 8.49. The molecule has 1 saturated heterocycles. The zero-order chi connectivity index (χ0) is 18.4. The molecule has 0 saturated carbocycles. The molecule has 0 radical (unpaired) electrons. The summed E-state index contributed by atoms with van der Waals surface area (Å²) in [6.45, 7) is 8.85. The number of hydrogen-bond acceptors (Lipinski definition) is 5. The molecule has 1 heterocycles. The Morgan fingerprint density at radius 1 is 1.32 bits per heavy atom. The Morgan fingerprint density at radius 3 is 2.64 bits per heavy atom. The van der Waals surface area contributed by atoms with E-state index < -0.39 is 10.0 Å². The first-order chi connectivity index (χ1) is 11.8. The van der Waals surface area contributed by atoms with Crippen LogP contribution in [0.3, 0.4) is 0 Å². The maximum atomic E-state index is 12.6. The highest BCUT2D eigenvalue weighted by Gasteiger charge is 2.23. The Balaban J connectivity index is 1.99. The molecule has 140 valence electrons. The SMILES string of the molecule is CC(C)N(C)S(=O)(=O)c1cccc(C(=O)NCCN2CCNCC2)c1. The van der Waals surface area contributed by atoms with Crippen molar-refractivity contribution in [2.45, 2.75) is 24.8 Å². The standard InChI is InChI=1S/C17H28N4O3S/c1-14(2)20(3)25(23,24)16-6-4-5-15(13-16)17(22)19-9-12-21-10-7-18-8-11-21/h4-6,13-14,18H,7-12H2,1-3H3,(H,19,22). The molecule has 0 aliphatic carbocycles. The number of sulfonamides is 1. The minimum atomic E-state index is -3.59. The molecule has 1 aromatic rings. The predicted molar refractivity (Wildman–Crippen MR) is 98.2 cm³/mol. The first kappa shape index (κ1) is 19.8. The lowest BCUT2D eigenvalue weighted by atomic mass is 10.2. The van der Waals surface area contributed by atoms with Crippen LogP contribution in [0.1, 0.15) is 24.2 Å². The van der Waals surface area contributed by atoms with Gasteiger partial charge in [-0.3, -0.25) is 9.69 Å². The average molecular weight is 369 g/mol. The van der Waals surface area contributed by atoms with Gasteiger partial charge in [-0.1, -0.05) is 6.07 Å². The second-order valence-electron chi connectivity index (χ2n) is 6.49. The van der Waals surface area contributed by atoms with E-state index in [1.54, 1.807) is 19.2 Å². The summed E-state index contributed by atoms with van der Waals surface area (Å²) in [4.78, 5) is 14.7. The largest absolute Gasteiger partial charge is 0.351 e. The number of hydrogen-bond donors (Lipinski definition) is 2. The molecule has 0 unspecified atom stereocenters. The fourth-order valence-corrected chi connectivity index (χ4v) is 4.02. The molecule has 0 spiro atoms. The van der Waals surface area contributed by atoms with Crippen molar-refractivity contribution in [1.29, 1.82) is 0 Å². The van der Waals surface area contributed by atoms with Crippen LogP contribution in [0.25, 0.3) is 0 Å². The predicted octanol–water partition coefficient (Wildman–Crippen LogP) is 0.351. The van der Waals surface area contributed by atoms with Gasteiger partial charge in [0.2, 0.25) is 10.0 Å². The summed E-state index contributed by atoms with van der Waals surface area (Å²) in [6.07, 6.45) is 0. The first-order valence-corrected chi connectivity index (χ1v) is 10.1. The molecule has 1 aromatic carbocycles. The molecule has 0 bridgehead atoms. The smallest absolute Gasteiger partial charge is 0.251 e. The van der Waals surface area contributed by atoms with Crippen molar-refractivity contribution in [3.63, 3.8) is 0 Å². The third-order valence-electron chi connectivity index (χ3n) is 4.42. The van der Waals surface area contributed by atoms with Gasteiger partial charge in [-0.15, -0.1) is 0 Å². The van der Waals surface area contributed by atoms with Crippen LogP contribution in [0.5, 0.6) is 0 Å². The number of carbonyl (C=O) groups is 1. The molecule has 1 amide bonds. The Kier molecular flexibility index (Phi) is 6.95. The number of rotatable bonds is 7. The quantitative estimate of drug-likeness (QED) is 0.726. The van der Waals surface area contributed by atoms with Crippen LogP contribution in [0.4, 0.5) is 0 Å². The van der Waals surface area contributed by atoms with Crippen LogP contribution < -0.4 is 10.6 Å². The zero-order valence-electron chi connectivity index (χ0n) is 15.2. The minimum absolute atomic E-state index is 0.137. The van der Waals surface area contributed by atoms with E-state index in [9.17, 15) is 13.2 Å². The summed E-state index contributed by atoms with van der Waals surface area (Å²) in [6, 6.07) is 6.04. The van der Waals surface area contributed by atoms with Crippen molar-refractivity contribution < 1.29 is 13.2 Å². The Hall–Kier alpha value is -1.48. The van der Waals surface area contributed by atoms with Gasteiger partial charge in [-0.2, -0.15) is 4.31 Å². The molecule has 0 aromatic heterocycles. The van der Waals surface area contributed by atoms with Crippen molar-refractivity contribution in [1.82, 2.24) is 19.8 Å². The lowest BCUT2D eigenvalue weighted by Gasteiger charge is -2.27. The number of amides is 1. The van der Waals surface area contributed by atoms with Crippen molar-refractivity contribution in [3.8, 4) is 0 Å². The molecule has 8 heteroatoms. The van der Waals surface area contributed by atoms with Crippen LogP contribution in [0.15, 0.2) is 29.2 Å². The highest BCUT2D eigenvalue weighted by atomic mass is 32.2. The highest BCUT2D eigenvalue weighted by molar-refractivity contribution is 7.89. The van der Waals surface area contributed by atoms with E-state index in [0.717, 1.165) is 32.7 Å². The molecule has 1 fully saturated rings. The summed E-state index contributed by atoms with van der Waals surface area (Å²) >= 11 is 0. The molecule has 25 heavy (non-hydrogen) atoms. The highest BCUT2D eigenvalue weighted by Crippen LogP contribution is 2.17. The van der Waals surface area contributed by atoms with Crippen LogP contribution >= 0.6 is 0 Å². The molecular weight excluding hydrogens is 340 g/mol. The van der Waals surface area contributed by atoms with E-state index in [1.807, 2.05) is 13.8 Å². The molecule has 2 N–H and O–H groups in total. The van der Waals surface area contributed by atoms with Gasteiger partial charge in [0, 0.05) is 57.9 Å². The molecule has 1 aliphatic rings. The molecule has 1 aliphatic heterocycles. The minimum Gasteiger partial charge on any atom is -0.351 e. The summed E-state index contributed by atoms with van der Waals surface area (Å²) in [5.41, 5.74) is 0.360. The van der Waals surface area contributed by atoms with Gasteiger partial charge >= 0.3 is 0 Å². The summed E-state index contributed by atoms with van der Waals surface area (Å²) in [5.74, 6) is -0.251. The van der Waals surface area contributed by atoms with Gasteiger partial charge in [0.05, 0.1) is 4.90 Å². The number of nitrogens with one attached hydrogen (secondary N) is 2. The van der Waals surface area contributed by atoms with Crippen LogP contribution in [0.2, 0.25) is 0 Å². The van der Waals surface area contributed by atoms with E-state index in [2.05, 4.69) is 15.5 Å². The van der Waals surface area contributed by atoms with E-state index >= 15 is 0 Å². The van der Waals surface area contributed by atoms with E-state index in [0.29, 0.717) is 12.1 Å². The average Bonchev–Trinajstić information content (AvgIpc) is 2.61. The molecule has 2 rings (SSSR count). The third kappa shape index (κ3) is 5.24. The van der Waals surface area contributed by atoms with Crippen LogP contribution in [-0.4, -0.2) is 75.9 Å². The fourth-order valence-electron chi connectivity index (χ4n) is 2.61. The Labute approximate surface area is 150 Å². The van der Waals surface area contributed by atoms with E-state index in [1.165, 1.54) is 16.4 Å². The molecule has 7 nitrogen and oxygen atoms in total. The van der Waals surface area contributed by atoms with E-state index in [4.69, 9.17) is 0 Å². The normalized spacial score (nSPS) is 16.4. The zero-order valence-corrected chi connectivity index (χ0v) is 16.0. The topological polar surface area (TPSA) is 81.8 Å². The lowest BCUT2D eigenvalue weighted by molar-refractivity contribution is 0.0947. The Morgan fingerprint density at radius 2 is 2.00 bits per heavy atom.